The van der Waals surface area contributed by atoms with E-state index >= 15 is 0 Å². The number of hydrogen-bond donors (Lipinski definition) is 2. The molecular weight excluding hydrogens is 340 g/mol. The van der Waals surface area contributed by atoms with Crippen molar-refractivity contribution in [1.82, 2.24) is 4.98 Å². The van der Waals surface area contributed by atoms with Crippen LogP contribution in [0.4, 0.5) is 5.69 Å². The highest BCUT2D eigenvalue weighted by molar-refractivity contribution is 6.35. The number of ether oxygens (including phenoxy) is 1. The summed E-state index contributed by atoms with van der Waals surface area (Å²) in [6, 6.07) is 14.9. The Bertz CT molecular complexity index is 968. The molecule has 5 nitrogen and oxygen atoms in total. The summed E-state index contributed by atoms with van der Waals surface area (Å²) in [5.74, 6) is -0.666. The lowest BCUT2D eigenvalue weighted by Gasteiger charge is -2.14. The van der Waals surface area contributed by atoms with Crippen LogP contribution in [0.3, 0.4) is 0 Å². The number of H-pyrrole nitrogens is 1. The van der Waals surface area contributed by atoms with Gasteiger partial charge in [-0.05, 0) is 18.6 Å². The van der Waals surface area contributed by atoms with Gasteiger partial charge in [-0.25, -0.2) is 4.79 Å². The normalized spacial score (nSPS) is 10.6. The summed E-state index contributed by atoms with van der Waals surface area (Å²) in [7, 11) is 0. The van der Waals surface area contributed by atoms with E-state index < -0.39 is 11.5 Å². The van der Waals surface area contributed by atoms with E-state index in [1.165, 1.54) is 0 Å². The number of aromatic nitrogens is 1. The second-order valence-electron chi connectivity index (χ2n) is 5.43. The van der Waals surface area contributed by atoms with Crippen molar-refractivity contribution in [1.29, 1.82) is 0 Å². The first kappa shape index (κ1) is 17.0. The zero-order valence-corrected chi connectivity index (χ0v) is 14.4. The molecular formula is C19H17ClN2O3. The molecule has 1 aromatic heterocycles. The van der Waals surface area contributed by atoms with Crippen molar-refractivity contribution in [3.63, 3.8) is 0 Å². The highest BCUT2D eigenvalue weighted by Gasteiger charge is 2.21. The molecule has 1 heterocycles. The number of carbonyl (C=O) groups excluding carboxylic acids is 1. The van der Waals surface area contributed by atoms with Gasteiger partial charge in [-0.1, -0.05) is 54.1 Å². The number of hydrogen-bond acceptors (Lipinski definition) is 4. The molecule has 0 bridgehead atoms. The fourth-order valence-electron chi connectivity index (χ4n) is 2.65. The van der Waals surface area contributed by atoms with E-state index in [0.717, 1.165) is 5.56 Å². The SMILES string of the molecule is CCOC(=O)c1c(NCc2ccccc2)c2cccc(Cl)c2[nH]c1=O. The first-order valence-electron chi connectivity index (χ1n) is 7.91. The Morgan fingerprint density at radius 3 is 2.64 bits per heavy atom. The van der Waals surface area contributed by atoms with Gasteiger partial charge in [0.15, 0.2) is 0 Å². The van der Waals surface area contributed by atoms with Crippen LogP contribution in [0.2, 0.25) is 5.02 Å². The summed E-state index contributed by atoms with van der Waals surface area (Å²) in [6.45, 7) is 2.34. The summed E-state index contributed by atoms with van der Waals surface area (Å²) in [5, 5.41) is 4.27. The van der Waals surface area contributed by atoms with E-state index in [1.54, 1.807) is 25.1 Å². The van der Waals surface area contributed by atoms with Crippen LogP contribution in [0.5, 0.6) is 0 Å². The zero-order chi connectivity index (χ0) is 17.8. The third-order valence-corrected chi connectivity index (χ3v) is 4.11. The van der Waals surface area contributed by atoms with Gasteiger partial charge >= 0.3 is 5.97 Å². The molecule has 3 aromatic rings. The Labute approximate surface area is 149 Å². The van der Waals surface area contributed by atoms with Crippen LogP contribution >= 0.6 is 11.6 Å². The van der Waals surface area contributed by atoms with Gasteiger partial charge in [0.2, 0.25) is 0 Å². The standard InChI is InChI=1S/C19H17ClN2O3/c1-2-25-19(24)15-17(21-11-12-7-4-3-5-8-12)13-9-6-10-14(20)16(13)22-18(15)23/h3-10H,2,11H2,1H3,(H2,21,22,23). The van der Waals surface area contributed by atoms with E-state index in [2.05, 4.69) is 10.3 Å². The third kappa shape index (κ3) is 3.51. The zero-order valence-electron chi connectivity index (χ0n) is 13.6. The molecule has 0 atom stereocenters. The largest absolute Gasteiger partial charge is 0.462 e. The molecule has 0 aliphatic rings. The maximum absolute atomic E-state index is 12.5. The van der Waals surface area contributed by atoms with Crippen LogP contribution < -0.4 is 10.9 Å². The highest BCUT2D eigenvalue weighted by atomic mass is 35.5. The molecule has 0 saturated carbocycles. The number of benzene rings is 2. The van der Waals surface area contributed by atoms with E-state index in [4.69, 9.17) is 16.3 Å². The molecule has 0 unspecified atom stereocenters. The Hall–Kier alpha value is -2.79. The number of rotatable bonds is 5. The number of anilines is 1. The average molecular weight is 357 g/mol. The topological polar surface area (TPSA) is 71.2 Å². The van der Waals surface area contributed by atoms with Crippen LogP contribution in [0.25, 0.3) is 10.9 Å². The Kier molecular flexibility index (Phi) is 5.05. The lowest BCUT2D eigenvalue weighted by atomic mass is 10.1. The van der Waals surface area contributed by atoms with Crippen molar-refractivity contribution < 1.29 is 9.53 Å². The van der Waals surface area contributed by atoms with Crippen molar-refractivity contribution in [3.05, 3.63) is 75.0 Å². The second kappa shape index (κ2) is 7.40. The lowest BCUT2D eigenvalue weighted by molar-refractivity contribution is 0.0525. The minimum absolute atomic E-state index is 0.0486. The van der Waals surface area contributed by atoms with Gasteiger partial charge < -0.3 is 15.0 Å². The first-order valence-corrected chi connectivity index (χ1v) is 8.29. The molecule has 3 rings (SSSR count). The average Bonchev–Trinajstić information content (AvgIpc) is 2.61. The lowest BCUT2D eigenvalue weighted by Crippen LogP contribution is -2.23. The van der Waals surface area contributed by atoms with Crippen molar-refractivity contribution in [2.75, 3.05) is 11.9 Å². The van der Waals surface area contributed by atoms with Crippen LogP contribution in [0.1, 0.15) is 22.8 Å². The summed E-state index contributed by atoms with van der Waals surface area (Å²) < 4.78 is 5.05. The number of fused-ring (bicyclic) bond motifs is 1. The van der Waals surface area contributed by atoms with E-state index in [-0.39, 0.29) is 12.2 Å². The Morgan fingerprint density at radius 2 is 1.92 bits per heavy atom. The summed E-state index contributed by atoms with van der Waals surface area (Å²) in [4.78, 5) is 27.5. The fraction of sp³-hybridized carbons (Fsp3) is 0.158. The molecule has 0 amide bonds. The number of para-hydroxylation sites is 1. The number of aromatic amines is 1. The molecule has 0 saturated heterocycles. The van der Waals surface area contributed by atoms with Crippen LogP contribution in [-0.2, 0) is 11.3 Å². The van der Waals surface area contributed by atoms with Gasteiger partial charge in [0.1, 0.15) is 5.56 Å². The molecule has 0 fully saturated rings. The molecule has 0 spiro atoms. The maximum atomic E-state index is 12.5. The van der Waals surface area contributed by atoms with E-state index in [0.29, 0.717) is 28.2 Å². The number of carbonyl (C=O) groups is 1. The predicted octanol–water partition coefficient (Wildman–Crippen LogP) is 3.97. The third-order valence-electron chi connectivity index (χ3n) is 3.79. The van der Waals surface area contributed by atoms with Crippen molar-refractivity contribution in [3.8, 4) is 0 Å². The molecule has 0 aliphatic carbocycles. The molecule has 128 valence electrons. The van der Waals surface area contributed by atoms with Crippen LogP contribution in [0, 0.1) is 0 Å². The smallest absolute Gasteiger partial charge is 0.345 e. The quantitative estimate of drug-likeness (QED) is 0.678. The molecule has 2 aromatic carbocycles. The number of pyridine rings is 1. The Morgan fingerprint density at radius 1 is 1.16 bits per heavy atom. The van der Waals surface area contributed by atoms with Gasteiger partial charge in [0, 0.05) is 11.9 Å². The van der Waals surface area contributed by atoms with Gasteiger partial charge in [0.25, 0.3) is 5.56 Å². The summed E-state index contributed by atoms with van der Waals surface area (Å²) in [5.41, 5.74) is 1.34. The van der Waals surface area contributed by atoms with Crippen molar-refractivity contribution in [2.45, 2.75) is 13.5 Å². The number of esters is 1. The molecule has 2 N–H and O–H groups in total. The number of nitrogens with one attached hydrogen (secondary N) is 2. The monoisotopic (exact) mass is 356 g/mol. The minimum Gasteiger partial charge on any atom is -0.462 e. The summed E-state index contributed by atoms with van der Waals surface area (Å²) in [6.07, 6.45) is 0. The fourth-order valence-corrected chi connectivity index (χ4v) is 2.87. The molecule has 0 radical (unpaired) electrons. The second-order valence-corrected chi connectivity index (χ2v) is 5.83. The van der Waals surface area contributed by atoms with Gasteiger partial charge in [-0.15, -0.1) is 0 Å². The Balaban J connectivity index is 2.14. The highest BCUT2D eigenvalue weighted by Crippen LogP contribution is 2.29. The minimum atomic E-state index is -0.666. The van der Waals surface area contributed by atoms with Crippen LogP contribution in [0.15, 0.2) is 53.3 Å². The van der Waals surface area contributed by atoms with E-state index in [9.17, 15) is 9.59 Å². The van der Waals surface area contributed by atoms with Gasteiger partial charge in [-0.3, -0.25) is 4.79 Å². The maximum Gasteiger partial charge on any atom is 0.345 e. The number of halogens is 1. The van der Waals surface area contributed by atoms with E-state index in [1.807, 2.05) is 30.3 Å². The van der Waals surface area contributed by atoms with Crippen LogP contribution in [-0.4, -0.2) is 17.6 Å². The van der Waals surface area contributed by atoms with Crippen molar-refractivity contribution >= 4 is 34.2 Å². The first-order chi connectivity index (χ1) is 12.1. The molecule has 6 heteroatoms. The van der Waals surface area contributed by atoms with Gasteiger partial charge in [0.05, 0.1) is 22.8 Å². The predicted molar refractivity (Wildman–Crippen MR) is 99.3 cm³/mol. The summed E-state index contributed by atoms with van der Waals surface area (Å²) >= 11 is 6.20. The van der Waals surface area contributed by atoms with Gasteiger partial charge in [-0.2, -0.15) is 0 Å². The van der Waals surface area contributed by atoms with Crippen molar-refractivity contribution in [2.24, 2.45) is 0 Å². The molecule has 25 heavy (non-hydrogen) atoms. The molecule has 0 aliphatic heterocycles.